The van der Waals surface area contributed by atoms with E-state index in [9.17, 15) is 10.0 Å². The van der Waals surface area contributed by atoms with E-state index in [0.717, 1.165) is 27.8 Å². The summed E-state index contributed by atoms with van der Waals surface area (Å²) in [4.78, 5) is 12.0. The average molecular weight is 328 g/mol. The van der Waals surface area contributed by atoms with Gasteiger partial charge < -0.3 is 10.1 Å². The zero-order valence-electron chi connectivity index (χ0n) is 14.5. The van der Waals surface area contributed by atoms with Crippen LogP contribution in [0.25, 0.3) is 0 Å². The molecule has 0 aliphatic carbocycles. The summed E-state index contributed by atoms with van der Waals surface area (Å²) in [5, 5.41) is 14.0. The maximum absolute atomic E-state index is 12.0. The number of amides is 1. The van der Waals surface area contributed by atoms with Gasteiger partial charge in [-0.1, -0.05) is 32.9 Å². The van der Waals surface area contributed by atoms with Gasteiger partial charge >= 0.3 is 0 Å². The van der Waals surface area contributed by atoms with Gasteiger partial charge in [0.25, 0.3) is 5.91 Å². The number of hydrogen-bond donors (Lipinski definition) is 2. The number of carbonyl (C=O) groups is 1. The summed E-state index contributed by atoms with van der Waals surface area (Å²) in [5.41, 5.74) is 2.13. The number of carbonyl (C=O) groups excluding carboxylic acids is 1. The molecule has 5 heteroatoms. The van der Waals surface area contributed by atoms with E-state index in [1.165, 1.54) is 0 Å². The molecule has 128 valence electrons. The first-order valence-corrected chi connectivity index (χ1v) is 7.80. The standard InChI is InChI=1S/C19H24N2O3/c1-19(2,3)18(22)21(23)13-14-5-7-15(8-6-14)20-16-9-11-17(24-4)12-10-16/h5-12,20,23H,13H2,1-4H3. The SMILES string of the molecule is COc1ccc(Nc2ccc(CN(O)C(=O)C(C)(C)C)cc2)cc1. The maximum atomic E-state index is 12.0. The highest BCUT2D eigenvalue weighted by molar-refractivity contribution is 5.80. The van der Waals surface area contributed by atoms with Crippen LogP contribution in [0, 0.1) is 5.41 Å². The molecule has 0 bridgehead atoms. The number of benzene rings is 2. The Balaban J connectivity index is 1.98. The number of rotatable bonds is 5. The Kier molecular flexibility index (Phi) is 5.46. The number of nitrogens with zero attached hydrogens (tertiary/aromatic N) is 1. The maximum Gasteiger partial charge on any atom is 0.251 e. The van der Waals surface area contributed by atoms with E-state index in [-0.39, 0.29) is 12.5 Å². The van der Waals surface area contributed by atoms with Crippen LogP contribution in [-0.2, 0) is 11.3 Å². The molecule has 1 amide bonds. The molecule has 0 saturated carbocycles. The number of hydroxylamine groups is 2. The second-order valence-electron chi connectivity index (χ2n) is 6.66. The molecule has 2 aromatic carbocycles. The lowest BCUT2D eigenvalue weighted by molar-refractivity contribution is -0.177. The molecular formula is C19H24N2O3. The minimum Gasteiger partial charge on any atom is -0.497 e. The third-order valence-corrected chi connectivity index (χ3v) is 3.54. The van der Waals surface area contributed by atoms with E-state index >= 15 is 0 Å². The molecule has 2 N–H and O–H groups in total. The summed E-state index contributed by atoms with van der Waals surface area (Å²) in [6.07, 6.45) is 0. The minimum absolute atomic E-state index is 0.166. The molecule has 0 saturated heterocycles. The predicted molar refractivity (Wildman–Crippen MR) is 94.5 cm³/mol. The lowest BCUT2D eigenvalue weighted by Gasteiger charge is -2.24. The molecule has 0 aliphatic heterocycles. The van der Waals surface area contributed by atoms with Crippen LogP contribution >= 0.6 is 0 Å². The predicted octanol–water partition coefficient (Wildman–Crippen LogP) is 4.20. The fourth-order valence-electron chi connectivity index (χ4n) is 2.17. The molecular weight excluding hydrogens is 304 g/mol. The smallest absolute Gasteiger partial charge is 0.251 e. The summed E-state index contributed by atoms with van der Waals surface area (Å²) in [6.45, 7) is 5.50. The van der Waals surface area contributed by atoms with E-state index in [1.807, 2.05) is 48.5 Å². The number of nitrogens with one attached hydrogen (secondary N) is 1. The van der Waals surface area contributed by atoms with E-state index in [1.54, 1.807) is 27.9 Å². The molecule has 2 aromatic rings. The van der Waals surface area contributed by atoms with Crippen molar-refractivity contribution in [1.82, 2.24) is 5.06 Å². The van der Waals surface area contributed by atoms with Crippen molar-refractivity contribution in [1.29, 1.82) is 0 Å². The van der Waals surface area contributed by atoms with Gasteiger partial charge in [-0.2, -0.15) is 0 Å². The molecule has 0 aliphatic rings. The number of hydrogen-bond acceptors (Lipinski definition) is 4. The van der Waals surface area contributed by atoms with Crippen molar-refractivity contribution >= 4 is 17.3 Å². The van der Waals surface area contributed by atoms with E-state index < -0.39 is 5.41 Å². The summed E-state index contributed by atoms with van der Waals surface area (Å²) >= 11 is 0. The first-order valence-electron chi connectivity index (χ1n) is 7.80. The largest absolute Gasteiger partial charge is 0.497 e. The van der Waals surface area contributed by atoms with Gasteiger partial charge in [-0.3, -0.25) is 10.0 Å². The van der Waals surface area contributed by atoms with Gasteiger partial charge in [0.05, 0.1) is 13.7 Å². The van der Waals surface area contributed by atoms with Gasteiger partial charge in [0.1, 0.15) is 5.75 Å². The van der Waals surface area contributed by atoms with Crippen LogP contribution in [-0.4, -0.2) is 23.3 Å². The van der Waals surface area contributed by atoms with Crippen LogP contribution in [0.2, 0.25) is 0 Å². The minimum atomic E-state index is -0.607. The van der Waals surface area contributed by atoms with Crippen molar-refractivity contribution in [2.45, 2.75) is 27.3 Å². The van der Waals surface area contributed by atoms with Crippen LogP contribution in [0.1, 0.15) is 26.3 Å². The van der Waals surface area contributed by atoms with Crippen LogP contribution < -0.4 is 10.1 Å². The average Bonchev–Trinajstić information content (AvgIpc) is 2.55. The van der Waals surface area contributed by atoms with Gasteiger partial charge in [-0.15, -0.1) is 0 Å². The Morgan fingerprint density at radius 3 is 2.00 bits per heavy atom. The summed E-state index contributed by atoms with van der Waals surface area (Å²) < 4.78 is 5.13. The molecule has 0 fully saturated rings. The molecule has 5 nitrogen and oxygen atoms in total. The molecule has 0 radical (unpaired) electrons. The summed E-state index contributed by atoms with van der Waals surface area (Å²) in [6, 6.07) is 15.2. The monoisotopic (exact) mass is 328 g/mol. The summed E-state index contributed by atoms with van der Waals surface area (Å²) in [7, 11) is 1.63. The van der Waals surface area contributed by atoms with Gasteiger partial charge in [0.2, 0.25) is 0 Å². The first-order chi connectivity index (χ1) is 11.3. The highest BCUT2D eigenvalue weighted by atomic mass is 16.5. The zero-order valence-corrected chi connectivity index (χ0v) is 14.5. The fraction of sp³-hybridized carbons (Fsp3) is 0.316. The Hall–Kier alpha value is -2.53. The van der Waals surface area contributed by atoms with Crippen molar-refractivity contribution in [3.8, 4) is 5.75 Å². The number of ether oxygens (including phenoxy) is 1. The summed E-state index contributed by atoms with van der Waals surface area (Å²) in [5.74, 6) is 0.505. The molecule has 0 spiro atoms. The van der Waals surface area contributed by atoms with Crippen molar-refractivity contribution < 1.29 is 14.7 Å². The molecule has 0 unspecified atom stereocenters. The fourth-order valence-corrected chi connectivity index (χ4v) is 2.17. The highest BCUT2D eigenvalue weighted by Gasteiger charge is 2.26. The normalized spacial score (nSPS) is 11.0. The van der Waals surface area contributed by atoms with Crippen molar-refractivity contribution in [2.75, 3.05) is 12.4 Å². The first kappa shape index (κ1) is 17.8. The van der Waals surface area contributed by atoms with Gasteiger partial charge in [0.15, 0.2) is 0 Å². The molecule has 0 atom stereocenters. The van der Waals surface area contributed by atoms with Gasteiger partial charge in [0, 0.05) is 16.8 Å². The highest BCUT2D eigenvalue weighted by Crippen LogP contribution is 2.21. The van der Waals surface area contributed by atoms with E-state index in [0.29, 0.717) is 0 Å². The third kappa shape index (κ3) is 4.73. The Bertz CT molecular complexity index is 673. The van der Waals surface area contributed by atoms with Crippen LogP contribution in [0.3, 0.4) is 0 Å². The molecule has 2 rings (SSSR count). The van der Waals surface area contributed by atoms with Crippen molar-refractivity contribution in [2.24, 2.45) is 5.41 Å². The number of anilines is 2. The Morgan fingerprint density at radius 2 is 1.54 bits per heavy atom. The molecule has 24 heavy (non-hydrogen) atoms. The van der Waals surface area contributed by atoms with E-state index in [2.05, 4.69) is 5.32 Å². The second-order valence-corrected chi connectivity index (χ2v) is 6.66. The van der Waals surface area contributed by atoms with Crippen molar-refractivity contribution in [3.05, 3.63) is 54.1 Å². The second kappa shape index (κ2) is 7.36. The topological polar surface area (TPSA) is 61.8 Å². The van der Waals surface area contributed by atoms with E-state index in [4.69, 9.17) is 4.74 Å². The Labute approximate surface area is 142 Å². The molecule has 0 heterocycles. The molecule has 0 aromatic heterocycles. The lowest BCUT2D eigenvalue weighted by atomic mass is 9.95. The van der Waals surface area contributed by atoms with Gasteiger partial charge in [-0.05, 0) is 42.0 Å². The quantitative estimate of drug-likeness (QED) is 0.638. The van der Waals surface area contributed by atoms with Crippen molar-refractivity contribution in [3.63, 3.8) is 0 Å². The number of methoxy groups -OCH3 is 1. The Morgan fingerprint density at radius 1 is 1.04 bits per heavy atom. The van der Waals surface area contributed by atoms with Gasteiger partial charge in [-0.25, -0.2) is 5.06 Å². The van der Waals surface area contributed by atoms with Crippen LogP contribution in [0.15, 0.2) is 48.5 Å². The van der Waals surface area contributed by atoms with Crippen LogP contribution in [0.5, 0.6) is 5.75 Å². The zero-order chi connectivity index (χ0) is 17.7. The van der Waals surface area contributed by atoms with Crippen LogP contribution in [0.4, 0.5) is 11.4 Å². The third-order valence-electron chi connectivity index (χ3n) is 3.54. The lowest BCUT2D eigenvalue weighted by Crippen LogP contribution is -2.36.